The minimum Gasteiger partial charge on any atom is -0.506 e. The maximum absolute atomic E-state index is 12.7. The second-order valence-electron chi connectivity index (χ2n) is 8.35. The third-order valence-corrected chi connectivity index (χ3v) is 6.08. The predicted molar refractivity (Wildman–Crippen MR) is 104 cm³/mol. The predicted octanol–water partition coefficient (Wildman–Crippen LogP) is 0.815. The zero-order valence-corrected chi connectivity index (χ0v) is 16.5. The number of aromatic amines is 1. The molecule has 0 radical (unpaired) electrons. The molecule has 1 spiro atoms. The lowest BCUT2D eigenvalue weighted by molar-refractivity contribution is -0.177. The Balaban J connectivity index is 1.41. The summed E-state index contributed by atoms with van der Waals surface area (Å²) in [5.41, 5.74) is 0.140. The van der Waals surface area contributed by atoms with Gasteiger partial charge in [-0.25, -0.2) is 0 Å². The number of rotatable bonds is 4. The molecule has 4 N–H and O–H groups in total. The number of hydrogen-bond donors (Lipinski definition) is 4. The van der Waals surface area contributed by atoms with Gasteiger partial charge in [0.1, 0.15) is 11.9 Å². The van der Waals surface area contributed by atoms with Gasteiger partial charge in [-0.2, -0.15) is 5.10 Å². The number of aromatic nitrogens is 3. The average molecular weight is 401 g/mol. The number of piperidine rings is 1. The second kappa shape index (κ2) is 7.74. The standard InChI is InChI=1S/C20H27N5O4/c1-19(23-18(28)14-8-16(26)10-21-9-14)13-20(29-12-17(19)27)3-6-25(7-4-20)11-15-2-5-22-24-15/h2,5,8-10,17,26-27H,3-4,6-7,11-13H2,1H3,(H,22,24)(H,23,28)/t17-,19-/m0/s1. The van der Waals surface area contributed by atoms with E-state index >= 15 is 0 Å². The Morgan fingerprint density at radius 2 is 2.21 bits per heavy atom. The summed E-state index contributed by atoms with van der Waals surface area (Å²) in [6, 6.07) is 3.34. The third kappa shape index (κ3) is 4.26. The molecule has 2 fully saturated rings. The van der Waals surface area contributed by atoms with Crippen LogP contribution < -0.4 is 5.32 Å². The minimum atomic E-state index is -0.827. The van der Waals surface area contributed by atoms with Crippen molar-refractivity contribution in [1.82, 2.24) is 25.4 Å². The molecule has 2 aromatic rings. The van der Waals surface area contributed by atoms with E-state index in [4.69, 9.17) is 4.74 Å². The SMILES string of the molecule is C[C@]1(NC(=O)c2cncc(O)c2)CC2(CCN(Cc3ccn[nH]3)CC2)OC[C@@H]1O. The van der Waals surface area contributed by atoms with Gasteiger partial charge in [0.05, 0.1) is 29.5 Å². The van der Waals surface area contributed by atoms with Gasteiger partial charge in [0.15, 0.2) is 0 Å². The summed E-state index contributed by atoms with van der Waals surface area (Å²) >= 11 is 0. The Morgan fingerprint density at radius 3 is 2.90 bits per heavy atom. The zero-order chi connectivity index (χ0) is 20.5. The topological polar surface area (TPSA) is 124 Å². The fourth-order valence-electron chi connectivity index (χ4n) is 4.34. The molecule has 0 saturated carbocycles. The molecule has 1 amide bonds. The van der Waals surface area contributed by atoms with E-state index in [2.05, 4.69) is 25.4 Å². The Labute approximate surface area is 169 Å². The molecule has 0 unspecified atom stereocenters. The summed E-state index contributed by atoms with van der Waals surface area (Å²) in [4.78, 5) is 18.9. The first-order chi connectivity index (χ1) is 13.9. The maximum atomic E-state index is 12.7. The Hall–Kier alpha value is -2.49. The molecule has 156 valence electrons. The molecule has 2 aromatic heterocycles. The molecule has 2 saturated heterocycles. The Morgan fingerprint density at radius 1 is 1.41 bits per heavy atom. The molecule has 9 nitrogen and oxygen atoms in total. The molecular weight excluding hydrogens is 374 g/mol. The zero-order valence-electron chi connectivity index (χ0n) is 16.5. The first-order valence-corrected chi connectivity index (χ1v) is 9.87. The highest BCUT2D eigenvalue weighted by Gasteiger charge is 2.50. The van der Waals surface area contributed by atoms with E-state index in [1.807, 2.05) is 13.0 Å². The van der Waals surface area contributed by atoms with Crippen LogP contribution in [0.3, 0.4) is 0 Å². The third-order valence-electron chi connectivity index (χ3n) is 6.08. The van der Waals surface area contributed by atoms with Crippen LogP contribution in [0.4, 0.5) is 0 Å². The highest BCUT2D eigenvalue weighted by molar-refractivity contribution is 5.94. The van der Waals surface area contributed by atoms with Gasteiger partial charge in [0, 0.05) is 44.1 Å². The summed E-state index contributed by atoms with van der Waals surface area (Å²) in [6.45, 7) is 4.59. The van der Waals surface area contributed by atoms with Crippen LogP contribution in [0.15, 0.2) is 30.7 Å². The first-order valence-electron chi connectivity index (χ1n) is 9.87. The average Bonchev–Trinajstić information content (AvgIpc) is 3.20. The summed E-state index contributed by atoms with van der Waals surface area (Å²) < 4.78 is 6.10. The van der Waals surface area contributed by atoms with E-state index < -0.39 is 11.6 Å². The molecular formula is C20H27N5O4. The van der Waals surface area contributed by atoms with Crippen molar-refractivity contribution in [2.24, 2.45) is 0 Å². The molecule has 0 aliphatic carbocycles. The molecule has 2 aliphatic rings. The van der Waals surface area contributed by atoms with Gasteiger partial charge in [-0.1, -0.05) is 0 Å². The molecule has 29 heavy (non-hydrogen) atoms. The van der Waals surface area contributed by atoms with Crippen molar-refractivity contribution in [3.05, 3.63) is 42.0 Å². The lowest BCUT2D eigenvalue weighted by Gasteiger charge is -2.52. The molecule has 2 atom stereocenters. The van der Waals surface area contributed by atoms with Crippen molar-refractivity contribution in [3.8, 4) is 5.75 Å². The number of ether oxygens (including phenoxy) is 1. The monoisotopic (exact) mass is 401 g/mol. The van der Waals surface area contributed by atoms with Crippen molar-refractivity contribution in [2.75, 3.05) is 19.7 Å². The van der Waals surface area contributed by atoms with Crippen LogP contribution in [0.2, 0.25) is 0 Å². The van der Waals surface area contributed by atoms with Gasteiger partial charge < -0.3 is 20.3 Å². The van der Waals surface area contributed by atoms with E-state index in [0.29, 0.717) is 6.42 Å². The molecule has 0 bridgehead atoms. The van der Waals surface area contributed by atoms with Gasteiger partial charge in [-0.3, -0.25) is 19.8 Å². The summed E-state index contributed by atoms with van der Waals surface area (Å²) in [7, 11) is 0. The minimum absolute atomic E-state index is 0.0727. The number of aliphatic hydroxyl groups is 1. The Bertz CT molecular complexity index is 850. The molecule has 2 aliphatic heterocycles. The maximum Gasteiger partial charge on any atom is 0.253 e. The largest absolute Gasteiger partial charge is 0.506 e. The van der Waals surface area contributed by atoms with Crippen LogP contribution in [0.25, 0.3) is 0 Å². The molecule has 4 heterocycles. The number of aliphatic hydroxyl groups excluding tert-OH is 1. The number of pyridine rings is 1. The van der Waals surface area contributed by atoms with Gasteiger partial charge in [0.2, 0.25) is 0 Å². The van der Waals surface area contributed by atoms with E-state index in [-0.39, 0.29) is 29.4 Å². The Kier molecular flexibility index (Phi) is 5.28. The lowest BCUT2D eigenvalue weighted by Crippen LogP contribution is -2.65. The quantitative estimate of drug-likeness (QED) is 0.598. The fourth-order valence-corrected chi connectivity index (χ4v) is 4.34. The summed E-state index contributed by atoms with van der Waals surface area (Å²) in [6.07, 6.45) is 5.78. The van der Waals surface area contributed by atoms with E-state index in [1.165, 1.54) is 18.5 Å². The van der Waals surface area contributed by atoms with Crippen LogP contribution in [-0.4, -0.2) is 73.1 Å². The van der Waals surface area contributed by atoms with Gasteiger partial charge >= 0.3 is 0 Å². The van der Waals surface area contributed by atoms with Crippen molar-refractivity contribution < 1.29 is 19.7 Å². The van der Waals surface area contributed by atoms with E-state index in [1.54, 1.807) is 6.20 Å². The highest BCUT2D eigenvalue weighted by atomic mass is 16.5. The van der Waals surface area contributed by atoms with Crippen molar-refractivity contribution in [2.45, 2.75) is 50.0 Å². The normalized spacial score (nSPS) is 27.0. The molecule has 9 heteroatoms. The number of carbonyl (C=O) groups excluding carboxylic acids is 1. The molecule has 4 rings (SSSR count). The van der Waals surface area contributed by atoms with Crippen molar-refractivity contribution in [3.63, 3.8) is 0 Å². The van der Waals surface area contributed by atoms with Crippen LogP contribution in [0.1, 0.15) is 42.2 Å². The highest BCUT2D eigenvalue weighted by Crippen LogP contribution is 2.40. The number of carbonyl (C=O) groups is 1. The van der Waals surface area contributed by atoms with Gasteiger partial charge in [-0.15, -0.1) is 0 Å². The number of nitrogens with one attached hydrogen (secondary N) is 2. The van der Waals surface area contributed by atoms with Crippen LogP contribution in [0, 0.1) is 0 Å². The van der Waals surface area contributed by atoms with Gasteiger partial charge in [-0.05, 0) is 31.9 Å². The van der Waals surface area contributed by atoms with Crippen molar-refractivity contribution >= 4 is 5.91 Å². The number of amides is 1. The number of nitrogens with zero attached hydrogens (tertiary/aromatic N) is 3. The smallest absolute Gasteiger partial charge is 0.253 e. The van der Waals surface area contributed by atoms with Crippen molar-refractivity contribution in [1.29, 1.82) is 0 Å². The number of likely N-dealkylation sites (tertiary alicyclic amines) is 1. The first kappa shape index (κ1) is 19.8. The van der Waals surface area contributed by atoms with Crippen LogP contribution >= 0.6 is 0 Å². The number of H-pyrrole nitrogens is 1. The summed E-state index contributed by atoms with van der Waals surface area (Å²) in [5.74, 6) is -0.444. The van der Waals surface area contributed by atoms with Gasteiger partial charge in [0.25, 0.3) is 5.91 Å². The molecule has 0 aromatic carbocycles. The van der Waals surface area contributed by atoms with Crippen LogP contribution in [0.5, 0.6) is 5.75 Å². The van der Waals surface area contributed by atoms with Crippen LogP contribution in [-0.2, 0) is 11.3 Å². The fraction of sp³-hybridized carbons (Fsp3) is 0.550. The lowest BCUT2D eigenvalue weighted by atomic mass is 9.74. The number of aromatic hydroxyl groups is 1. The van der Waals surface area contributed by atoms with E-state index in [0.717, 1.165) is 38.2 Å². The van der Waals surface area contributed by atoms with E-state index in [9.17, 15) is 15.0 Å². The second-order valence-corrected chi connectivity index (χ2v) is 8.35. The summed E-state index contributed by atoms with van der Waals surface area (Å²) in [5, 5.41) is 30.1. The number of hydrogen-bond acceptors (Lipinski definition) is 7.